The first-order valence-corrected chi connectivity index (χ1v) is 9.93. The molecule has 168 valence electrons. The minimum absolute atomic E-state index is 0.0104. The highest BCUT2D eigenvalue weighted by atomic mass is 35.5. The number of hydrogen-bond acceptors (Lipinski definition) is 6. The molecule has 4 aromatic rings. The highest BCUT2D eigenvalue weighted by Gasteiger charge is 2.18. The second-order valence-corrected chi connectivity index (χ2v) is 7.40. The molecule has 0 unspecified atom stereocenters. The first kappa shape index (κ1) is 22.4. The zero-order valence-corrected chi connectivity index (χ0v) is 17.8. The molecule has 0 radical (unpaired) electrons. The number of carbonyl (C=O) groups is 2. The number of nitrogens with one attached hydrogen (secondary N) is 3. The fourth-order valence-electron chi connectivity index (χ4n) is 2.70. The van der Waals surface area contributed by atoms with Gasteiger partial charge in [-0.15, -0.1) is 10.2 Å². The van der Waals surface area contributed by atoms with E-state index < -0.39 is 23.4 Å². The first-order chi connectivity index (χ1) is 15.8. The number of amides is 2. The number of nitrogens with zero attached hydrogens (tertiary/aromatic N) is 3. The van der Waals surface area contributed by atoms with Crippen molar-refractivity contribution in [3.05, 3.63) is 81.3 Å². The number of hydrogen-bond donors (Lipinski definition) is 3. The van der Waals surface area contributed by atoms with E-state index in [-0.39, 0.29) is 40.4 Å². The lowest BCUT2D eigenvalue weighted by atomic mass is 10.2. The summed E-state index contributed by atoms with van der Waals surface area (Å²) in [5, 5.41) is 19.1. The lowest BCUT2D eigenvalue weighted by molar-refractivity contribution is 0.0941. The maximum Gasteiger partial charge on any atom is 0.269 e. The van der Waals surface area contributed by atoms with E-state index in [1.54, 1.807) is 24.3 Å². The average molecular weight is 493 g/mol. The lowest BCUT2D eigenvalue weighted by Gasteiger charge is -2.05. The molecule has 2 amide bonds. The van der Waals surface area contributed by atoms with Crippen LogP contribution < -0.4 is 10.6 Å². The number of rotatable bonds is 6. The number of anilines is 1. The van der Waals surface area contributed by atoms with Gasteiger partial charge < -0.3 is 15.1 Å². The van der Waals surface area contributed by atoms with Crippen molar-refractivity contribution < 1.29 is 22.8 Å². The van der Waals surface area contributed by atoms with E-state index in [1.807, 2.05) is 0 Å². The number of aromatic amines is 1. The van der Waals surface area contributed by atoms with Crippen molar-refractivity contribution in [2.24, 2.45) is 0 Å². The summed E-state index contributed by atoms with van der Waals surface area (Å²) in [4.78, 5) is 24.6. The molecule has 2 heterocycles. The van der Waals surface area contributed by atoms with Crippen molar-refractivity contribution in [1.29, 1.82) is 0 Å². The fraction of sp³-hybridized carbons (Fsp3) is 0.0500. The lowest BCUT2D eigenvalue weighted by Crippen LogP contribution is -2.23. The summed E-state index contributed by atoms with van der Waals surface area (Å²) in [7, 11) is 0. The smallest absolute Gasteiger partial charge is 0.269 e. The van der Waals surface area contributed by atoms with Gasteiger partial charge >= 0.3 is 0 Å². The third-order valence-electron chi connectivity index (χ3n) is 4.26. The van der Waals surface area contributed by atoms with Crippen LogP contribution in [0.4, 0.5) is 14.6 Å². The standard InChI is InChI=1S/C20H12Cl2F2N6O3/c21-10-3-1-2-9(4-10)20-30-29-17(33-20)8-25-19(32)15-7-16(28-27-15)26-18(31)11-5-13(23)14(24)6-12(11)22/h1-7H,8H2,(H,25,32)(H2,26,27,28,31). The molecule has 0 bridgehead atoms. The van der Waals surface area contributed by atoms with E-state index in [4.69, 9.17) is 27.6 Å². The van der Waals surface area contributed by atoms with Gasteiger partial charge in [0.1, 0.15) is 5.69 Å². The highest BCUT2D eigenvalue weighted by Crippen LogP contribution is 2.22. The van der Waals surface area contributed by atoms with Gasteiger partial charge in [-0.3, -0.25) is 14.7 Å². The van der Waals surface area contributed by atoms with Crippen molar-refractivity contribution in [3.63, 3.8) is 0 Å². The van der Waals surface area contributed by atoms with Gasteiger partial charge in [0, 0.05) is 16.7 Å². The van der Waals surface area contributed by atoms with E-state index in [9.17, 15) is 18.4 Å². The number of halogens is 4. The summed E-state index contributed by atoms with van der Waals surface area (Å²) in [6, 6.07) is 9.43. The Morgan fingerprint density at radius 1 is 1.03 bits per heavy atom. The molecule has 0 saturated carbocycles. The van der Waals surface area contributed by atoms with Crippen LogP contribution in [0.5, 0.6) is 0 Å². The molecule has 0 aliphatic rings. The Morgan fingerprint density at radius 3 is 2.61 bits per heavy atom. The molecule has 0 fully saturated rings. The van der Waals surface area contributed by atoms with Crippen molar-refractivity contribution in [2.75, 3.05) is 5.32 Å². The van der Waals surface area contributed by atoms with Crippen LogP contribution in [0.2, 0.25) is 10.0 Å². The van der Waals surface area contributed by atoms with Crippen molar-refractivity contribution in [2.45, 2.75) is 6.54 Å². The van der Waals surface area contributed by atoms with Gasteiger partial charge in [0.25, 0.3) is 11.8 Å². The predicted molar refractivity (Wildman–Crippen MR) is 114 cm³/mol. The second-order valence-electron chi connectivity index (χ2n) is 6.56. The van der Waals surface area contributed by atoms with Crippen molar-refractivity contribution in [1.82, 2.24) is 25.7 Å². The molecule has 9 nitrogen and oxygen atoms in total. The van der Waals surface area contributed by atoms with Crippen LogP contribution in [-0.2, 0) is 6.54 Å². The molecular weight excluding hydrogens is 481 g/mol. The number of carbonyl (C=O) groups excluding carboxylic acids is 2. The van der Waals surface area contributed by atoms with E-state index in [2.05, 4.69) is 31.0 Å². The van der Waals surface area contributed by atoms with Crippen LogP contribution in [0.15, 0.2) is 46.9 Å². The third kappa shape index (κ3) is 5.16. The molecule has 3 N–H and O–H groups in total. The minimum atomic E-state index is -1.23. The van der Waals surface area contributed by atoms with Crippen LogP contribution in [-0.4, -0.2) is 32.2 Å². The Morgan fingerprint density at radius 2 is 1.82 bits per heavy atom. The van der Waals surface area contributed by atoms with E-state index in [1.165, 1.54) is 6.07 Å². The monoisotopic (exact) mass is 492 g/mol. The van der Waals surface area contributed by atoms with Crippen molar-refractivity contribution >= 4 is 40.8 Å². The van der Waals surface area contributed by atoms with Gasteiger partial charge in [0.15, 0.2) is 17.5 Å². The topological polar surface area (TPSA) is 126 Å². The summed E-state index contributed by atoms with van der Waals surface area (Å²) >= 11 is 11.7. The number of benzene rings is 2. The summed E-state index contributed by atoms with van der Waals surface area (Å²) in [5.41, 5.74) is 0.343. The molecule has 0 saturated heterocycles. The SMILES string of the molecule is O=C(NCc1nnc(-c2cccc(Cl)c2)o1)c1cc(NC(=O)c2cc(F)c(F)cc2Cl)n[nH]1. The Labute approximate surface area is 194 Å². The molecular formula is C20H12Cl2F2N6O3. The third-order valence-corrected chi connectivity index (χ3v) is 4.81. The zero-order chi connectivity index (χ0) is 23.5. The summed E-state index contributed by atoms with van der Waals surface area (Å²) in [6.45, 7) is -0.0718. The van der Waals surface area contributed by atoms with Gasteiger partial charge in [-0.2, -0.15) is 5.10 Å². The van der Waals surface area contributed by atoms with Gasteiger partial charge in [-0.05, 0) is 30.3 Å². The van der Waals surface area contributed by atoms with E-state index >= 15 is 0 Å². The highest BCUT2D eigenvalue weighted by molar-refractivity contribution is 6.34. The molecule has 0 aliphatic carbocycles. The van der Waals surface area contributed by atoms with Crippen molar-refractivity contribution in [3.8, 4) is 11.5 Å². The normalized spacial score (nSPS) is 10.8. The van der Waals surface area contributed by atoms with Crippen LogP contribution in [0.25, 0.3) is 11.5 Å². The Hall–Kier alpha value is -3.83. The largest absolute Gasteiger partial charge is 0.419 e. The Kier molecular flexibility index (Phi) is 6.33. The quantitative estimate of drug-likeness (QED) is 0.346. The molecule has 0 spiro atoms. The maximum atomic E-state index is 13.4. The Bertz CT molecular complexity index is 1360. The molecule has 0 atom stereocenters. The summed E-state index contributed by atoms with van der Waals surface area (Å²) in [5.74, 6) is -3.47. The van der Waals surface area contributed by atoms with Crippen LogP contribution in [0.1, 0.15) is 26.7 Å². The molecule has 0 aliphatic heterocycles. The second kappa shape index (κ2) is 9.35. The van der Waals surface area contributed by atoms with E-state index in [0.717, 1.165) is 0 Å². The van der Waals surface area contributed by atoms with Gasteiger partial charge in [-0.25, -0.2) is 8.78 Å². The van der Waals surface area contributed by atoms with Gasteiger partial charge in [-0.1, -0.05) is 29.3 Å². The molecule has 33 heavy (non-hydrogen) atoms. The minimum Gasteiger partial charge on any atom is -0.419 e. The molecule has 13 heteroatoms. The molecule has 2 aromatic carbocycles. The number of aromatic nitrogens is 4. The van der Waals surface area contributed by atoms with Crippen LogP contribution in [0, 0.1) is 11.6 Å². The maximum absolute atomic E-state index is 13.4. The van der Waals surface area contributed by atoms with Gasteiger partial charge in [0.05, 0.1) is 17.1 Å². The zero-order valence-electron chi connectivity index (χ0n) is 16.3. The molecule has 4 rings (SSSR count). The summed E-state index contributed by atoms with van der Waals surface area (Å²) in [6.07, 6.45) is 0. The van der Waals surface area contributed by atoms with Crippen LogP contribution >= 0.6 is 23.2 Å². The first-order valence-electron chi connectivity index (χ1n) is 9.18. The summed E-state index contributed by atoms with van der Waals surface area (Å²) < 4.78 is 32.1. The predicted octanol–water partition coefficient (Wildman–Crippen LogP) is 4.23. The van der Waals surface area contributed by atoms with E-state index in [0.29, 0.717) is 22.7 Å². The molecule has 2 aromatic heterocycles. The fourth-order valence-corrected chi connectivity index (χ4v) is 3.12. The number of H-pyrrole nitrogens is 1. The Balaban J connectivity index is 1.37. The van der Waals surface area contributed by atoms with Crippen LogP contribution in [0.3, 0.4) is 0 Å². The average Bonchev–Trinajstić information content (AvgIpc) is 3.44. The van der Waals surface area contributed by atoms with Gasteiger partial charge in [0.2, 0.25) is 11.8 Å².